The molecule has 0 atom stereocenters. The number of carboxylic acids is 1. The van der Waals surface area contributed by atoms with Gasteiger partial charge in [0.15, 0.2) is 5.82 Å². The summed E-state index contributed by atoms with van der Waals surface area (Å²) in [5, 5.41) is 23.9. The van der Waals surface area contributed by atoms with Gasteiger partial charge in [-0.05, 0) is 46.2 Å². The third-order valence-electron chi connectivity index (χ3n) is 5.37. The van der Waals surface area contributed by atoms with Crippen molar-refractivity contribution in [2.45, 2.75) is 13.5 Å². The number of H-pyrrole nitrogens is 1. The number of benzene rings is 3. The fourth-order valence-electron chi connectivity index (χ4n) is 3.91. The number of para-hydroxylation sites is 1. The van der Waals surface area contributed by atoms with Gasteiger partial charge in [0, 0.05) is 5.56 Å². The van der Waals surface area contributed by atoms with Crippen molar-refractivity contribution in [3.63, 3.8) is 0 Å². The van der Waals surface area contributed by atoms with Crippen LogP contribution >= 0.6 is 0 Å². The molecule has 0 aliphatic heterocycles. The van der Waals surface area contributed by atoms with Gasteiger partial charge in [-0.3, -0.25) is 4.57 Å². The first-order chi connectivity index (χ1) is 16.2. The van der Waals surface area contributed by atoms with Gasteiger partial charge in [0.2, 0.25) is 0 Å². The summed E-state index contributed by atoms with van der Waals surface area (Å²) in [4.78, 5) is 16.3. The Morgan fingerprint density at radius 1 is 1.03 bits per heavy atom. The maximum atomic E-state index is 11.8. The predicted octanol–water partition coefficient (Wildman–Crippen LogP) is 3.11. The van der Waals surface area contributed by atoms with Crippen molar-refractivity contribution >= 4 is 54.7 Å². The molecule has 0 bridgehead atoms. The molecule has 34 heavy (non-hydrogen) atoms. The zero-order valence-corrected chi connectivity index (χ0v) is 17.8. The minimum atomic E-state index is -1.00. The van der Waals surface area contributed by atoms with Crippen LogP contribution in [0.1, 0.15) is 22.8 Å². The average molecular weight is 483 g/mol. The number of imidazole rings is 1. The van der Waals surface area contributed by atoms with Gasteiger partial charge < -0.3 is 9.84 Å². The third-order valence-corrected chi connectivity index (χ3v) is 5.37. The first kappa shape index (κ1) is 23.9. The number of hydrogen-bond acceptors (Lipinski definition) is 6. The molecule has 0 radical (unpaired) electrons. The summed E-state index contributed by atoms with van der Waals surface area (Å²) in [7, 11) is 0. The Labute approximate surface area is 224 Å². The van der Waals surface area contributed by atoms with Crippen molar-refractivity contribution in [1.82, 2.24) is 30.2 Å². The number of carbonyl (C=O) groups is 1. The summed E-state index contributed by atoms with van der Waals surface area (Å²) in [6, 6.07) is 21.4. The van der Waals surface area contributed by atoms with E-state index in [-0.39, 0.29) is 43.3 Å². The van der Waals surface area contributed by atoms with Gasteiger partial charge in [0.25, 0.3) is 6.01 Å². The van der Waals surface area contributed by atoms with E-state index in [0.717, 1.165) is 22.3 Å². The Hall–Kier alpha value is -3.27. The van der Waals surface area contributed by atoms with Crippen LogP contribution < -0.4 is 4.74 Å². The summed E-state index contributed by atoms with van der Waals surface area (Å²) in [6.07, 6.45) is 0. The molecule has 2 heterocycles. The first-order valence-electron chi connectivity index (χ1n) is 10.4. The van der Waals surface area contributed by atoms with E-state index >= 15 is 0 Å². The van der Waals surface area contributed by atoms with Crippen LogP contribution in [-0.2, 0) is 6.54 Å². The summed E-state index contributed by atoms with van der Waals surface area (Å²) >= 11 is 0. The summed E-state index contributed by atoms with van der Waals surface area (Å²) < 4.78 is 7.53. The van der Waals surface area contributed by atoms with Gasteiger partial charge in [-0.2, -0.15) is 4.98 Å². The van der Waals surface area contributed by atoms with Gasteiger partial charge in [-0.15, -0.1) is 5.10 Å². The van der Waals surface area contributed by atoms with Gasteiger partial charge in [0.1, 0.15) is 0 Å². The van der Waals surface area contributed by atoms with E-state index in [1.165, 1.54) is 0 Å². The summed E-state index contributed by atoms with van der Waals surface area (Å²) in [5.74, 6) is -0.402. The average Bonchev–Trinajstić information content (AvgIpc) is 3.49. The van der Waals surface area contributed by atoms with Crippen LogP contribution in [0, 0.1) is 0 Å². The van der Waals surface area contributed by atoms with E-state index < -0.39 is 5.97 Å². The Kier molecular flexibility index (Phi) is 7.26. The van der Waals surface area contributed by atoms with Crippen molar-refractivity contribution in [3.8, 4) is 28.5 Å². The number of aromatic amines is 1. The number of rotatable bonds is 7. The molecule has 0 aliphatic rings. The first-order valence-corrected chi connectivity index (χ1v) is 10.4. The normalized spacial score (nSPS) is 10.7. The van der Waals surface area contributed by atoms with Crippen LogP contribution in [0.25, 0.3) is 33.5 Å². The second-order valence-corrected chi connectivity index (χ2v) is 7.38. The Morgan fingerprint density at radius 2 is 1.79 bits per heavy atom. The van der Waals surface area contributed by atoms with E-state index in [0.29, 0.717) is 36.0 Å². The number of ether oxygens (including phenoxy) is 1. The SMILES string of the molecule is CCOc1nc2cccc(C(=O)O)c2n1Cc1ccc(-c2ccccc2-c2nnn[nH]2)cc1.[CaH2]. The number of aromatic carboxylic acids is 1. The monoisotopic (exact) mass is 482 g/mol. The molecule has 0 fully saturated rings. The zero-order valence-electron chi connectivity index (χ0n) is 17.8. The molecule has 5 rings (SSSR count). The molecule has 9 nitrogen and oxygen atoms in total. The fourth-order valence-corrected chi connectivity index (χ4v) is 3.91. The van der Waals surface area contributed by atoms with Gasteiger partial charge in [-0.25, -0.2) is 9.89 Å². The molecule has 3 aromatic carbocycles. The molecule has 0 saturated carbocycles. The van der Waals surface area contributed by atoms with Crippen molar-refractivity contribution < 1.29 is 14.6 Å². The molecule has 0 spiro atoms. The molecular weight excluding hydrogens is 460 g/mol. The van der Waals surface area contributed by atoms with Crippen LogP contribution in [0.5, 0.6) is 6.01 Å². The number of hydrogen-bond donors (Lipinski definition) is 2. The number of nitrogens with one attached hydrogen (secondary N) is 1. The van der Waals surface area contributed by atoms with Crippen LogP contribution in [0.4, 0.5) is 0 Å². The standard InChI is InChI=1S/C24H20N6O3.Ca.2H/c1-2-33-24-25-20-9-5-8-19(23(31)32)21(20)30(24)14-15-10-12-16(13-11-15)17-6-3-4-7-18(17)22-26-28-29-27-22;;;/h3-13H,2,14H2,1H3,(H,31,32)(H,26,27,28,29);;;. The molecule has 2 aromatic heterocycles. The van der Waals surface area contributed by atoms with Crippen molar-refractivity contribution in [3.05, 3.63) is 77.9 Å². The van der Waals surface area contributed by atoms with E-state index in [1.807, 2.05) is 60.0 Å². The van der Waals surface area contributed by atoms with Crippen LogP contribution in [0.3, 0.4) is 0 Å². The van der Waals surface area contributed by atoms with Crippen molar-refractivity contribution in [2.24, 2.45) is 0 Å². The number of fused-ring (bicyclic) bond motifs is 1. The van der Waals surface area contributed by atoms with E-state index in [9.17, 15) is 9.90 Å². The van der Waals surface area contributed by atoms with E-state index in [1.54, 1.807) is 18.2 Å². The van der Waals surface area contributed by atoms with Gasteiger partial charge >= 0.3 is 43.7 Å². The second kappa shape index (κ2) is 10.3. The Bertz CT molecular complexity index is 1430. The number of carboxylic acid groups (broad SMARTS) is 1. The Morgan fingerprint density at radius 3 is 2.47 bits per heavy atom. The summed E-state index contributed by atoms with van der Waals surface area (Å²) in [5.41, 5.74) is 5.22. The predicted molar refractivity (Wildman–Crippen MR) is 131 cm³/mol. The summed E-state index contributed by atoms with van der Waals surface area (Å²) in [6.45, 7) is 2.72. The molecule has 0 saturated heterocycles. The second-order valence-electron chi connectivity index (χ2n) is 7.38. The zero-order chi connectivity index (χ0) is 22.8. The third kappa shape index (κ3) is 4.54. The topological polar surface area (TPSA) is 119 Å². The van der Waals surface area contributed by atoms with Crippen LogP contribution in [-0.4, -0.2) is 85.6 Å². The molecule has 168 valence electrons. The fraction of sp³-hybridized carbons (Fsp3) is 0.125. The number of nitrogens with zero attached hydrogens (tertiary/aromatic N) is 5. The molecular formula is C24H22CaN6O3. The molecule has 0 amide bonds. The van der Waals surface area contributed by atoms with Crippen LogP contribution in [0.2, 0.25) is 0 Å². The van der Waals surface area contributed by atoms with Crippen molar-refractivity contribution in [1.29, 1.82) is 0 Å². The van der Waals surface area contributed by atoms with Crippen LogP contribution in [0.15, 0.2) is 66.7 Å². The Balaban J connectivity index is 0.00000274. The molecule has 0 aliphatic carbocycles. The number of aromatic nitrogens is 6. The molecule has 10 heteroatoms. The number of tetrazole rings is 1. The van der Waals surface area contributed by atoms with E-state index in [2.05, 4.69) is 25.6 Å². The van der Waals surface area contributed by atoms with Gasteiger partial charge in [-0.1, -0.05) is 54.6 Å². The maximum absolute atomic E-state index is 11.8. The molecule has 5 aromatic rings. The van der Waals surface area contributed by atoms with Gasteiger partial charge in [0.05, 0.1) is 29.7 Å². The molecule has 2 N–H and O–H groups in total. The van der Waals surface area contributed by atoms with Crippen molar-refractivity contribution in [2.75, 3.05) is 6.61 Å². The van der Waals surface area contributed by atoms with E-state index in [4.69, 9.17) is 4.74 Å². The quantitative estimate of drug-likeness (QED) is 0.342. The minimum absolute atomic E-state index is 0. The molecule has 0 unspecified atom stereocenters.